The lowest BCUT2D eigenvalue weighted by Crippen LogP contribution is -2.46. The maximum Gasteiger partial charge on any atom is 0.338 e. The first-order valence-corrected chi connectivity index (χ1v) is 5.45. The Hall–Kier alpha value is -0.130. The first-order chi connectivity index (χ1) is 7.36. The van der Waals surface area contributed by atoms with E-state index in [4.69, 9.17) is 40.6 Å². The molecule has 3 N–H and O–H groups in total. The molecule has 0 radical (unpaired) electrons. The first-order valence-electron chi connectivity index (χ1n) is 4.32. The van der Waals surface area contributed by atoms with E-state index in [-0.39, 0.29) is 11.4 Å². The van der Waals surface area contributed by atoms with E-state index in [0.717, 1.165) is 0 Å². The minimum absolute atomic E-state index is 0.119. The highest BCUT2D eigenvalue weighted by atomic mass is 35.5. The molecular weight excluding hydrogens is 280 g/mol. The molecule has 0 spiro atoms. The number of alkyl halides is 3. The van der Waals surface area contributed by atoms with Crippen molar-refractivity contribution in [1.29, 1.82) is 0 Å². The van der Waals surface area contributed by atoms with Crippen LogP contribution in [0.3, 0.4) is 0 Å². The van der Waals surface area contributed by atoms with Crippen molar-refractivity contribution >= 4 is 34.8 Å². The van der Waals surface area contributed by atoms with Gasteiger partial charge in [-0.25, -0.2) is 5.43 Å². The van der Waals surface area contributed by atoms with Gasteiger partial charge in [-0.15, -0.1) is 0 Å². The third-order valence-electron chi connectivity index (χ3n) is 2.05. The van der Waals surface area contributed by atoms with E-state index >= 15 is 0 Å². The van der Waals surface area contributed by atoms with Crippen LogP contribution in [0.4, 0.5) is 8.78 Å². The summed E-state index contributed by atoms with van der Waals surface area (Å²) in [4.78, 5) is 0. The fraction of sp³-hybridized carbons (Fsp3) is 0.333. The summed E-state index contributed by atoms with van der Waals surface area (Å²) in [5.74, 6) is 5.00. The molecule has 0 aliphatic heterocycles. The summed E-state index contributed by atoms with van der Waals surface area (Å²) in [6, 6.07) is 3.35. The molecule has 7 heteroatoms. The van der Waals surface area contributed by atoms with E-state index in [1.54, 1.807) is 18.2 Å². The van der Waals surface area contributed by atoms with Crippen molar-refractivity contribution in [1.82, 2.24) is 5.43 Å². The van der Waals surface area contributed by atoms with Gasteiger partial charge in [-0.3, -0.25) is 5.84 Å². The smallest absolute Gasteiger partial charge is 0.271 e. The number of benzene rings is 1. The van der Waals surface area contributed by atoms with Crippen molar-refractivity contribution in [3.63, 3.8) is 0 Å². The number of halogens is 5. The molecule has 1 aromatic rings. The lowest BCUT2D eigenvalue weighted by atomic mass is 10.1. The summed E-state index contributed by atoms with van der Waals surface area (Å²) in [6.45, 7) is 0. The molecule has 0 heterocycles. The molecule has 90 valence electrons. The second kappa shape index (κ2) is 5.47. The summed E-state index contributed by atoms with van der Waals surface area (Å²) in [5.41, 5.74) is 2.41. The number of hydrogen-bond acceptors (Lipinski definition) is 2. The zero-order valence-electron chi connectivity index (χ0n) is 7.98. The molecule has 1 atom stereocenters. The lowest BCUT2D eigenvalue weighted by Gasteiger charge is -2.21. The molecule has 0 aliphatic rings. The summed E-state index contributed by atoms with van der Waals surface area (Å²) < 4.78 is 25.7. The largest absolute Gasteiger partial charge is 0.338 e. The predicted molar refractivity (Wildman–Crippen MR) is 62.1 cm³/mol. The molecule has 0 aromatic heterocycles. The van der Waals surface area contributed by atoms with Gasteiger partial charge in [-0.2, -0.15) is 8.78 Å². The summed E-state index contributed by atoms with van der Waals surface area (Å²) in [5, 5.41) is -2.93. The topological polar surface area (TPSA) is 38.0 Å². The molecular formula is C9H9Cl3F2N2. The van der Waals surface area contributed by atoms with Gasteiger partial charge in [0.05, 0.1) is 10.0 Å². The Kier molecular flexibility index (Phi) is 4.76. The van der Waals surface area contributed by atoms with Crippen molar-refractivity contribution in [3.8, 4) is 0 Å². The zero-order valence-corrected chi connectivity index (χ0v) is 10.3. The summed E-state index contributed by atoms with van der Waals surface area (Å²) in [6.07, 6.45) is -0.119. The van der Waals surface area contributed by atoms with Crippen molar-refractivity contribution in [2.24, 2.45) is 5.84 Å². The maximum absolute atomic E-state index is 12.9. The Morgan fingerprint density at radius 3 is 2.50 bits per heavy atom. The highest BCUT2D eigenvalue weighted by Crippen LogP contribution is 2.30. The Morgan fingerprint density at radius 1 is 1.38 bits per heavy atom. The van der Waals surface area contributed by atoms with Gasteiger partial charge >= 0.3 is 5.38 Å². The van der Waals surface area contributed by atoms with Crippen LogP contribution in [0.15, 0.2) is 18.2 Å². The average molecular weight is 290 g/mol. The van der Waals surface area contributed by atoms with Crippen LogP contribution in [0.5, 0.6) is 0 Å². The molecule has 16 heavy (non-hydrogen) atoms. The number of rotatable bonds is 4. The molecule has 1 aromatic carbocycles. The monoisotopic (exact) mass is 288 g/mol. The Morgan fingerprint density at radius 2 is 2.00 bits per heavy atom. The molecule has 0 bridgehead atoms. The van der Waals surface area contributed by atoms with Crippen molar-refractivity contribution < 1.29 is 8.78 Å². The second-order valence-electron chi connectivity index (χ2n) is 3.18. The second-order valence-corrected chi connectivity index (χ2v) is 4.47. The van der Waals surface area contributed by atoms with Gasteiger partial charge in [-0.1, -0.05) is 35.3 Å². The van der Waals surface area contributed by atoms with Gasteiger partial charge in [0.15, 0.2) is 0 Å². The zero-order chi connectivity index (χ0) is 12.3. The summed E-state index contributed by atoms with van der Waals surface area (Å²) >= 11 is 16.5. The normalized spacial score (nSPS) is 13.9. The van der Waals surface area contributed by atoms with E-state index in [0.29, 0.717) is 10.6 Å². The number of hydrogen-bond donors (Lipinski definition) is 2. The van der Waals surface area contributed by atoms with Crippen LogP contribution in [0, 0.1) is 0 Å². The third kappa shape index (κ3) is 3.43. The Labute approximate surface area is 107 Å². The van der Waals surface area contributed by atoms with E-state index in [1.807, 2.05) is 5.43 Å². The molecule has 0 saturated heterocycles. The summed E-state index contributed by atoms with van der Waals surface area (Å²) in [7, 11) is 0. The molecule has 0 aliphatic carbocycles. The van der Waals surface area contributed by atoms with E-state index < -0.39 is 11.4 Å². The average Bonchev–Trinajstić information content (AvgIpc) is 2.18. The van der Waals surface area contributed by atoms with Gasteiger partial charge in [0.2, 0.25) is 0 Å². The van der Waals surface area contributed by atoms with Crippen LogP contribution in [-0.2, 0) is 6.42 Å². The highest BCUT2D eigenvalue weighted by Gasteiger charge is 2.36. The van der Waals surface area contributed by atoms with E-state index in [1.165, 1.54) is 0 Å². The Balaban J connectivity index is 2.91. The fourth-order valence-corrected chi connectivity index (χ4v) is 1.73. The molecule has 1 unspecified atom stereocenters. The van der Waals surface area contributed by atoms with Gasteiger partial charge < -0.3 is 0 Å². The van der Waals surface area contributed by atoms with E-state index in [9.17, 15) is 8.78 Å². The maximum atomic E-state index is 12.9. The number of hydrazine groups is 1. The van der Waals surface area contributed by atoms with Gasteiger partial charge in [0, 0.05) is 0 Å². The van der Waals surface area contributed by atoms with Gasteiger partial charge in [0.1, 0.15) is 6.04 Å². The molecule has 2 nitrogen and oxygen atoms in total. The quantitative estimate of drug-likeness (QED) is 0.507. The van der Waals surface area contributed by atoms with Crippen LogP contribution in [-0.4, -0.2) is 11.4 Å². The van der Waals surface area contributed by atoms with Gasteiger partial charge in [-0.05, 0) is 29.7 Å². The standard InChI is InChI=1S/C9H9Cl3F2N2/c10-6-3-1-2-5(8(6)11)4-7(16-15)9(12,13)14/h1-3,7,16H,4,15H2. The molecule has 0 fully saturated rings. The minimum Gasteiger partial charge on any atom is -0.271 e. The van der Waals surface area contributed by atoms with Crippen molar-refractivity contribution in [2.45, 2.75) is 17.8 Å². The van der Waals surface area contributed by atoms with Crippen molar-refractivity contribution in [2.75, 3.05) is 0 Å². The molecule has 0 saturated carbocycles. The fourth-order valence-electron chi connectivity index (χ4n) is 1.20. The number of nitrogens with two attached hydrogens (primary N) is 1. The van der Waals surface area contributed by atoms with E-state index in [2.05, 4.69) is 0 Å². The third-order valence-corrected chi connectivity index (χ3v) is 3.17. The van der Waals surface area contributed by atoms with Crippen LogP contribution in [0.25, 0.3) is 0 Å². The molecule has 0 amide bonds. The van der Waals surface area contributed by atoms with Gasteiger partial charge in [0.25, 0.3) is 0 Å². The first kappa shape index (κ1) is 13.9. The van der Waals surface area contributed by atoms with Crippen LogP contribution >= 0.6 is 34.8 Å². The van der Waals surface area contributed by atoms with Crippen LogP contribution in [0.1, 0.15) is 5.56 Å². The van der Waals surface area contributed by atoms with Crippen LogP contribution in [0.2, 0.25) is 10.0 Å². The molecule has 1 rings (SSSR count). The number of nitrogens with one attached hydrogen (secondary N) is 1. The highest BCUT2D eigenvalue weighted by molar-refractivity contribution is 6.42. The minimum atomic E-state index is -3.46. The van der Waals surface area contributed by atoms with Crippen LogP contribution < -0.4 is 11.3 Å². The Bertz CT molecular complexity index is 368. The van der Waals surface area contributed by atoms with Crippen molar-refractivity contribution in [3.05, 3.63) is 33.8 Å². The SMILES string of the molecule is NNC(Cc1cccc(Cl)c1Cl)C(F)(F)Cl. The lowest BCUT2D eigenvalue weighted by molar-refractivity contribution is 0.0503. The predicted octanol–water partition coefficient (Wildman–Crippen LogP) is 3.20.